The Morgan fingerprint density at radius 2 is 1.95 bits per heavy atom. The van der Waals surface area contributed by atoms with Gasteiger partial charge in [-0.3, -0.25) is 4.79 Å². The summed E-state index contributed by atoms with van der Waals surface area (Å²) < 4.78 is 13.0. The molecule has 0 aliphatic rings. The number of amides is 1. The molecule has 1 atom stereocenters. The van der Waals surface area contributed by atoms with E-state index in [1.54, 1.807) is 12.1 Å². The molecule has 2 aromatic carbocycles. The van der Waals surface area contributed by atoms with E-state index in [0.29, 0.717) is 10.7 Å². The molecule has 0 unspecified atom stereocenters. The smallest absolute Gasteiger partial charge is 0.238 e. The monoisotopic (exact) mass is 306 g/mol. The molecule has 110 valence electrons. The molecule has 21 heavy (non-hydrogen) atoms. The number of rotatable bonds is 5. The standard InChI is InChI=1S/C16H16ClFN2O/c1-11(12-5-7-13(17)8-6-12)19-10-16(21)20-15-4-2-3-14(18)9-15/h2-9,11,19H,10H2,1H3,(H,20,21)/t11-/m1/s1. The van der Waals surface area contributed by atoms with Crippen molar-refractivity contribution in [1.82, 2.24) is 5.32 Å². The summed E-state index contributed by atoms with van der Waals surface area (Å²) in [5.41, 5.74) is 1.49. The summed E-state index contributed by atoms with van der Waals surface area (Å²) in [7, 11) is 0. The second-order valence-electron chi connectivity index (χ2n) is 4.71. The Morgan fingerprint density at radius 3 is 2.62 bits per heavy atom. The predicted octanol–water partition coefficient (Wildman–Crippen LogP) is 3.77. The highest BCUT2D eigenvalue weighted by molar-refractivity contribution is 6.30. The first-order chi connectivity index (χ1) is 10.0. The SMILES string of the molecule is C[C@@H](NCC(=O)Nc1cccc(F)c1)c1ccc(Cl)cc1. The van der Waals surface area contributed by atoms with E-state index in [0.717, 1.165) is 5.56 Å². The topological polar surface area (TPSA) is 41.1 Å². The molecule has 0 aromatic heterocycles. The number of halogens is 2. The summed E-state index contributed by atoms with van der Waals surface area (Å²) >= 11 is 5.83. The van der Waals surface area contributed by atoms with Crippen LogP contribution in [0.5, 0.6) is 0 Å². The van der Waals surface area contributed by atoms with Crippen LogP contribution in [0, 0.1) is 5.82 Å². The number of anilines is 1. The molecule has 5 heteroatoms. The third-order valence-corrected chi connectivity index (χ3v) is 3.30. The Morgan fingerprint density at radius 1 is 1.24 bits per heavy atom. The van der Waals surface area contributed by atoms with Crippen LogP contribution in [0.2, 0.25) is 5.02 Å². The summed E-state index contributed by atoms with van der Waals surface area (Å²) in [6.45, 7) is 2.10. The number of hydrogen-bond donors (Lipinski definition) is 2. The molecule has 0 saturated heterocycles. The van der Waals surface area contributed by atoms with Gasteiger partial charge in [0.15, 0.2) is 0 Å². The van der Waals surface area contributed by atoms with E-state index in [4.69, 9.17) is 11.6 Å². The van der Waals surface area contributed by atoms with Gasteiger partial charge in [-0.1, -0.05) is 29.8 Å². The molecule has 0 saturated carbocycles. The lowest BCUT2D eigenvalue weighted by Gasteiger charge is -2.14. The first-order valence-electron chi connectivity index (χ1n) is 6.59. The summed E-state index contributed by atoms with van der Waals surface area (Å²) in [4.78, 5) is 11.8. The molecule has 2 rings (SSSR count). The quantitative estimate of drug-likeness (QED) is 0.883. The third kappa shape index (κ3) is 4.85. The number of hydrogen-bond acceptors (Lipinski definition) is 2. The molecule has 2 N–H and O–H groups in total. The molecule has 0 spiro atoms. The van der Waals surface area contributed by atoms with E-state index >= 15 is 0 Å². The normalized spacial score (nSPS) is 12.0. The van der Waals surface area contributed by atoms with E-state index in [1.165, 1.54) is 12.1 Å². The number of carbonyl (C=O) groups excluding carboxylic acids is 1. The van der Waals surface area contributed by atoms with Crippen LogP contribution in [0.3, 0.4) is 0 Å². The lowest BCUT2D eigenvalue weighted by Crippen LogP contribution is -2.30. The summed E-state index contributed by atoms with van der Waals surface area (Å²) in [5.74, 6) is -0.600. The Bertz CT molecular complexity index is 616. The van der Waals surface area contributed by atoms with Crippen LogP contribution in [-0.4, -0.2) is 12.5 Å². The number of benzene rings is 2. The zero-order valence-corrected chi connectivity index (χ0v) is 12.3. The zero-order chi connectivity index (χ0) is 15.2. The Hall–Kier alpha value is -1.91. The molecule has 0 aliphatic carbocycles. The van der Waals surface area contributed by atoms with Gasteiger partial charge in [0, 0.05) is 16.8 Å². The van der Waals surface area contributed by atoms with E-state index in [-0.39, 0.29) is 24.3 Å². The lowest BCUT2D eigenvalue weighted by atomic mass is 10.1. The molecule has 0 fully saturated rings. The molecule has 0 heterocycles. The van der Waals surface area contributed by atoms with Crippen molar-refractivity contribution in [2.75, 3.05) is 11.9 Å². The fraction of sp³-hybridized carbons (Fsp3) is 0.188. The van der Waals surface area contributed by atoms with Crippen molar-refractivity contribution in [3.63, 3.8) is 0 Å². The lowest BCUT2D eigenvalue weighted by molar-refractivity contribution is -0.115. The summed E-state index contributed by atoms with van der Waals surface area (Å²) in [5, 5.41) is 6.42. The van der Waals surface area contributed by atoms with Crippen LogP contribution in [0.25, 0.3) is 0 Å². The Labute approximate surface area is 128 Å². The van der Waals surface area contributed by atoms with Gasteiger partial charge in [0.25, 0.3) is 0 Å². The minimum absolute atomic E-state index is 0.0144. The molecular formula is C16H16ClFN2O. The minimum Gasteiger partial charge on any atom is -0.325 e. The number of nitrogens with one attached hydrogen (secondary N) is 2. The van der Waals surface area contributed by atoms with Gasteiger partial charge in [0.2, 0.25) is 5.91 Å². The van der Waals surface area contributed by atoms with Gasteiger partial charge in [-0.25, -0.2) is 4.39 Å². The van der Waals surface area contributed by atoms with Gasteiger partial charge in [0.1, 0.15) is 5.82 Å². The van der Waals surface area contributed by atoms with Crippen molar-refractivity contribution in [3.05, 3.63) is 64.9 Å². The van der Waals surface area contributed by atoms with Crippen LogP contribution in [0.4, 0.5) is 10.1 Å². The highest BCUT2D eigenvalue weighted by Gasteiger charge is 2.08. The molecule has 0 aliphatic heterocycles. The van der Waals surface area contributed by atoms with Gasteiger partial charge in [-0.2, -0.15) is 0 Å². The second kappa shape index (κ2) is 7.20. The molecule has 0 radical (unpaired) electrons. The van der Waals surface area contributed by atoms with Crippen molar-refractivity contribution in [1.29, 1.82) is 0 Å². The molecule has 2 aromatic rings. The van der Waals surface area contributed by atoms with Crippen LogP contribution in [0.15, 0.2) is 48.5 Å². The van der Waals surface area contributed by atoms with Gasteiger partial charge in [0.05, 0.1) is 6.54 Å². The maximum Gasteiger partial charge on any atom is 0.238 e. The molecule has 3 nitrogen and oxygen atoms in total. The molecule has 0 bridgehead atoms. The maximum atomic E-state index is 13.0. The summed E-state index contributed by atoms with van der Waals surface area (Å²) in [6.07, 6.45) is 0. The van der Waals surface area contributed by atoms with E-state index in [2.05, 4.69) is 10.6 Å². The molecule has 1 amide bonds. The summed E-state index contributed by atoms with van der Waals surface area (Å²) in [6, 6.07) is 13.2. The second-order valence-corrected chi connectivity index (χ2v) is 5.15. The Kier molecular flexibility index (Phi) is 5.31. The average Bonchev–Trinajstić information content (AvgIpc) is 2.45. The largest absolute Gasteiger partial charge is 0.325 e. The maximum absolute atomic E-state index is 13.0. The fourth-order valence-electron chi connectivity index (χ4n) is 1.89. The minimum atomic E-state index is -0.379. The average molecular weight is 307 g/mol. The van der Waals surface area contributed by atoms with Crippen molar-refractivity contribution < 1.29 is 9.18 Å². The van der Waals surface area contributed by atoms with Crippen LogP contribution >= 0.6 is 11.6 Å². The Balaban J connectivity index is 1.84. The zero-order valence-electron chi connectivity index (χ0n) is 11.6. The first-order valence-corrected chi connectivity index (χ1v) is 6.96. The van der Waals surface area contributed by atoms with Crippen molar-refractivity contribution in [2.24, 2.45) is 0 Å². The van der Waals surface area contributed by atoms with Crippen LogP contribution in [0.1, 0.15) is 18.5 Å². The van der Waals surface area contributed by atoms with Crippen LogP contribution < -0.4 is 10.6 Å². The first kappa shape index (κ1) is 15.5. The van der Waals surface area contributed by atoms with Crippen molar-refractivity contribution in [3.8, 4) is 0 Å². The number of carbonyl (C=O) groups is 1. The molecular weight excluding hydrogens is 291 g/mol. The van der Waals surface area contributed by atoms with E-state index in [9.17, 15) is 9.18 Å². The van der Waals surface area contributed by atoms with Gasteiger partial charge >= 0.3 is 0 Å². The van der Waals surface area contributed by atoms with E-state index in [1.807, 2.05) is 31.2 Å². The van der Waals surface area contributed by atoms with Crippen molar-refractivity contribution >= 4 is 23.2 Å². The van der Waals surface area contributed by atoms with Crippen molar-refractivity contribution in [2.45, 2.75) is 13.0 Å². The van der Waals surface area contributed by atoms with Crippen LogP contribution in [-0.2, 0) is 4.79 Å². The van der Waals surface area contributed by atoms with E-state index < -0.39 is 0 Å². The van der Waals surface area contributed by atoms with Gasteiger partial charge < -0.3 is 10.6 Å². The highest BCUT2D eigenvalue weighted by Crippen LogP contribution is 2.15. The highest BCUT2D eigenvalue weighted by atomic mass is 35.5. The predicted molar refractivity (Wildman–Crippen MR) is 82.9 cm³/mol. The third-order valence-electron chi connectivity index (χ3n) is 3.05. The van der Waals surface area contributed by atoms with Gasteiger partial charge in [-0.15, -0.1) is 0 Å². The fourth-order valence-corrected chi connectivity index (χ4v) is 2.01. The van der Waals surface area contributed by atoms with Gasteiger partial charge in [-0.05, 0) is 42.8 Å².